The lowest BCUT2D eigenvalue weighted by atomic mass is 10.1. The quantitative estimate of drug-likeness (QED) is 0.457. The standard InChI is InChI=1S/C11H14ISi/c1-4-5-9-6-7-10(12)8-11(9)13(2)3/h4,6-8H,1,5H2,2-3H3. The second-order valence-electron chi connectivity index (χ2n) is 3.29. The van der Waals surface area contributed by atoms with Crippen molar-refractivity contribution in [3.05, 3.63) is 40.0 Å². The Kier molecular flexibility index (Phi) is 4.19. The molecule has 1 aromatic carbocycles. The van der Waals surface area contributed by atoms with E-state index in [1.165, 1.54) is 9.13 Å². The van der Waals surface area contributed by atoms with E-state index in [0.29, 0.717) is 0 Å². The third-order valence-corrected chi connectivity index (χ3v) is 4.19. The van der Waals surface area contributed by atoms with Gasteiger partial charge >= 0.3 is 0 Å². The zero-order valence-electron chi connectivity index (χ0n) is 8.10. The van der Waals surface area contributed by atoms with Gasteiger partial charge in [0.05, 0.1) is 8.80 Å². The molecular weight excluding hydrogens is 287 g/mol. The number of benzene rings is 1. The number of rotatable bonds is 3. The number of hydrogen-bond donors (Lipinski definition) is 0. The summed E-state index contributed by atoms with van der Waals surface area (Å²) in [5.74, 6) is 0. The minimum Gasteiger partial charge on any atom is -0.103 e. The van der Waals surface area contributed by atoms with Crippen LogP contribution in [0.1, 0.15) is 5.56 Å². The van der Waals surface area contributed by atoms with E-state index in [2.05, 4.69) is 60.5 Å². The molecule has 0 fully saturated rings. The molecular formula is C11H14ISi. The first-order valence-electron chi connectivity index (χ1n) is 4.35. The first kappa shape index (κ1) is 11.0. The topological polar surface area (TPSA) is 0 Å². The molecule has 0 spiro atoms. The highest BCUT2D eigenvalue weighted by Gasteiger charge is 2.06. The van der Waals surface area contributed by atoms with Crippen LogP contribution >= 0.6 is 22.6 Å². The maximum absolute atomic E-state index is 3.79. The average Bonchev–Trinajstić information content (AvgIpc) is 2.08. The largest absolute Gasteiger partial charge is 0.103 e. The summed E-state index contributed by atoms with van der Waals surface area (Å²) >= 11 is 2.37. The van der Waals surface area contributed by atoms with Crippen molar-refractivity contribution in [2.75, 3.05) is 0 Å². The molecule has 1 radical (unpaired) electrons. The van der Waals surface area contributed by atoms with Crippen LogP contribution in [-0.4, -0.2) is 8.80 Å². The van der Waals surface area contributed by atoms with Crippen LogP contribution in [0.5, 0.6) is 0 Å². The van der Waals surface area contributed by atoms with Gasteiger partial charge in [-0.05, 0) is 46.7 Å². The molecule has 0 unspecified atom stereocenters. The summed E-state index contributed by atoms with van der Waals surface area (Å²) in [5.41, 5.74) is 1.45. The van der Waals surface area contributed by atoms with Crippen molar-refractivity contribution in [1.29, 1.82) is 0 Å². The third-order valence-electron chi connectivity index (χ3n) is 1.97. The highest BCUT2D eigenvalue weighted by atomic mass is 127. The molecule has 0 aliphatic rings. The summed E-state index contributed by atoms with van der Waals surface area (Å²) in [6.07, 6.45) is 2.98. The van der Waals surface area contributed by atoms with Crippen molar-refractivity contribution < 1.29 is 0 Å². The van der Waals surface area contributed by atoms with Gasteiger partial charge in [-0.1, -0.05) is 30.4 Å². The molecule has 0 nitrogen and oxygen atoms in total. The van der Waals surface area contributed by atoms with Gasteiger partial charge in [0.2, 0.25) is 0 Å². The molecule has 0 saturated carbocycles. The lowest BCUT2D eigenvalue weighted by Gasteiger charge is -2.10. The zero-order valence-corrected chi connectivity index (χ0v) is 11.3. The van der Waals surface area contributed by atoms with Gasteiger partial charge in [0.15, 0.2) is 0 Å². The Balaban J connectivity index is 3.10. The normalized spacial score (nSPS) is 10.5. The van der Waals surface area contributed by atoms with E-state index in [1.54, 1.807) is 5.19 Å². The van der Waals surface area contributed by atoms with Crippen molar-refractivity contribution in [1.82, 2.24) is 0 Å². The second-order valence-corrected chi connectivity index (χ2v) is 7.08. The number of hydrogen-bond acceptors (Lipinski definition) is 0. The van der Waals surface area contributed by atoms with Crippen LogP contribution in [-0.2, 0) is 6.42 Å². The van der Waals surface area contributed by atoms with E-state index in [9.17, 15) is 0 Å². The third kappa shape index (κ3) is 2.95. The predicted molar refractivity (Wildman–Crippen MR) is 70.2 cm³/mol. The molecule has 0 aliphatic carbocycles. The first-order valence-corrected chi connectivity index (χ1v) is 7.93. The van der Waals surface area contributed by atoms with Crippen molar-refractivity contribution >= 4 is 36.6 Å². The molecule has 0 amide bonds. The minimum absolute atomic E-state index is 0.339. The van der Waals surface area contributed by atoms with E-state index >= 15 is 0 Å². The average molecular weight is 301 g/mol. The van der Waals surface area contributed by atoms with E-state index in [0.717, 1.165) is 6.42 Å². The highest BCUT2D eigenvalue weighted by Crippen LogP contribution is 2.07. The fourth-order valence-corrected chi connectivity index (χ4v) is 3.40. The van der Waals surface area contributed by atoms with Crippen molar-refractivity contribution in [2.24, 2.45) is 0 Å². The maximum atomic E-state index is 3.79. The monoisotopic (exact) mass is 301 g/mol. The number of halogens is 1. The van der Waals surface area contributed by atoms with E-state index in [-0.39, 0.29) is 8.80 Å². The Hall–Kier alpha value is -0.0931. The van der Waals surface area contributed by atoms with Crippen LogP contribution in [0.2, 0.25) is 13.1 Å². The van der Waals surface area contributed by atoms with Crippen LogP contribution in [0.15, 0.2) is 30.9 Å². The summed E-state index contributed by atoms with van der Waals surface area (Å²) in [4.78, 5) is 0. The van der Waals surface area contributed by atoms with Crippen molar-refractivity contribution in [3.63, 3.8) is 0 Å². The van der Waals surface area contributed by atoms with Crippen molar-refractivity contribution in [3.8, 4) is 0 Å². The predicted octanol–water partition coefficient (Wildman–Crippen LogP) is 2.98. The smallest absolute Gasteiger partial charge is 0.0795 e. The summed E-state index contributed by atoms with van der Waals surface area (Å²) in [6, 6.07) is 6.72. The molecule has 69 valence electrons. The SMILES string of the molecule is C=CCc1ccc(I)cc1[Si](C)C. The molecule has 1 rings (SSSR count). The van der Waals surface area contributed by atoms with E-state index < -0.39 is 0 Å². The van der Waals surface area contributed by atoms with Gasteiger partial charge in [-0.3, -0.25) is 0 Å². The first-order chi connectivity index (χ1) is 6.15. The van der Waals surface area contributed by atoms with Gasteiger partial charge in [-0.25, -0.2) is 0 Å². The van der Waals surface area contributed by atoms with Crippen LogP contribution in [0.4, 0.5) is 0 Å². The zero-order chi connectivity index (χ0) is 9.84. The van der Waals surface area contributed by atoms with Gasteiger partial charge in [-0.15, -0.1) is 6.58 Å². The Labute approximate surface area is 95.8 Å². The fourth-order valence-electron chi connectivity index (χ4n) is 1.35. The highest BCUT2D eigenvalue weighted by molar-refractivity contribution is 14.1. The maximum Gasteiger partial charge on any atom is 0.0795 e. The van der Waals surface area contributed by atoms with Crippen LogP contribution < -0.4 is 5.19 Å². The van der Waals surface area contributed by atoms with Gasteiger partial charge in [0, 0.05) is 3.57 Å². The summed E-state index contributed by atoms with van der Waals surface area (Å²) < 4.78 is 1.34. The van der Waals surface area contributed by atoms with Crippen LogP contribution in [0.3, 0.4) is 0 Å². The Bertz CT molecular complexity index is 305. The van der Waals surface area contributed by atoms with Gasteiger partial charge < -0.3 is 0 Å². The van der Waals surface area contributed by atoms with Crippen LogP contribution in [0.25, 0.3) is 0 Å². The summed E-state index contributed by atoms with van der Waals surface area (Å²) in [6.45, 7) is 8.46. The second kappa shape index (κ2) is 4.96. The number of allylic oxidation sites excluding steroid dienone is 1. The van der Waals surface area contributed by atoms with E-state index in [4.69, 9.17) is 0 Å². The molecule has 0 aliphatic heterocycles. The summed E-state index contributed by atoms with van der Waals surface area (Å²) in [7, 11) is -0.339. The fraction of sp³-hybridized carbons (Fsp3) is 0.273. The van der Waals surface area contributed by atoms with Crippen LogP contribution in [0, 0.1) is 3.57 Å². The Morgan fingerprint density at radius 1 is 1.46 bits per heavy atom. The van der Waals surface area contributed by atoms with Gasteiger partial charge in [-0.2, -0.15) is 0 Å². The summed E-state index contributed by atoms with van der Waals surface area (Å²) in [5, 5.41) is 1.55. The Morgan fingerprint density at radius 3 is 2.69 bits per heavy atom. The Morgan fingerprint density at radius 2 is 2.15 bits per heavy atom. The molecule has 13 heavy (non-hydrogen) atoms. The molecule has 0 aromatic heterocycles. The molecule has 2 heteroatoms. The molecule has 1 aromatic rings. The van der Waals surface area contributed by atoms with Gasteiger partial charge in [0.1, 0.15) is 0 Å². The molecule has 0 atom stereocenters. The molecule has 0 heterocycles. The van der Waals surface area contributed by atoms with Crippen molar-refractivity contribution in [2.45, 2.75) is 19.5 Å². The lowest BCUT2D eigenvalue weighted by Crippen LogP contribution is -2.26. The van der Waals surface area contributed by atoms with Gasteiger partial charge in [0.25, 0.3) is 0 Å². The minimum atomic E-state index is -0.339. The lowest BCUT2D eigenvalue weighted by molar-refractivity contribution is 1.29. The van der Waals surface area contributed by atoms with E-state index in [1.807, 2.05) is 6.08 Å². The molecule has 0 N–H and O–H groups in total. The molecule has 0 bridgehead atoms. The molecule has 0 saturated heterocycles.